The summed E-state index contributed by atoms with van der Waals surface area (Å²) in [6.07, 6.45) is 19.1. The molecule has 2 heteroatoms. The van der Waals surface area contributed by atoms with Crippen molar-refractivity contribution in [2.24, 2.45) is 5.92 Å². The molecule has 0 aromatic carbocycles. The molecule has 0 fully saturated rings. The molecular weight excluding hydrogens is 318 g/mol. The zero-order valence-electron chi connectivity index (χ0n) is 18.6. The second-order valence-electron chi connectivity index (χ2n) is 8.50. The zero-order valence-corrected chi connectivity index (χ0v) is 18.6. The van der Waals surface area contributed by atoms with Crippen LogP contribution < -0.4 is 0 Å². The largest absolute Gasteiger partial charge is 0.306 e. The normalized spacial score (nSPS) is 13.8. The van der Waals surface area contributed by atoms with Crippen LogP contribution >= 0.6 is 0 Å². The van der Waals surface area contributed by atoms with Crippen LogP contribution in [-0.4, -0.2) is 30.8 Å². The molecule has 0 heterocycles. The Balaban J connectivity index is 3.65. The Hall–Kier alpha value is -0.630. The van der Waals surface area contributed by atoms with Crippen molar-refractivity contribution in [2.75, 3.05) is 14.1 Å². The zero-order chi connectivity index (χ0) is 19.8. The fraction of sp³-hybridized carbons (Fsp3) is 0.875. The lowest BCUT2D eigenvalue weighted by Gasteiger charge is -2.29. The smallest absolute Gasteiger partial charge is 0.162 e. The van der Waals surface area contributed by atoms with Gasteiger partial charge in [0.25, 0.3) is 0 Å². The van der Waals surface area contributed by atoms with Crippen LogP contribution in [0.5, 0.6) is 0 Å². The van der Waals surface area contributed by atoms with Crippen LogP contribution in [0.4, 0.5) is 0 Å². The van der Waals surface area contributed by atoms with Gasteiger partial charge in [-0.25, -0.2) is 0 Å². The van der Waals surface area contributed by atoms with E-state index in [1.165, 1.54) is 83.5 Å². The molecule has 2 unspecified atom stereocenters. The van der Waals surface area contributed by atoms with Gasteiger partial charge < -0.3 is 4.90 Å². The number of carbonyl (C=O) groups excluding carboxylic acids is 1. The van der Waals surface area contributed by atoms with Crippen molar-refractivity contribution < 1.29 is 4.79 Å². The number of allylic oxidation sites excluding steroid dienone is 1. The highest BCUT2D eigenvalue weighted by atomic mass is 16.1. The molecule has 0 saturated heterocycles. The standard InChI is InChI=1S/C24H47NO/c1-7-8-9-10-11-12-13-14-15-16-17-18-19-20-23(25(5)6)22(4)24(26)21(2)3/h22-23H,2,7-20H2,1,3-6H3. The molecule has 0 spiro atoms. The first-order valence-corrected chi connectivity index (χ1v) is 11.3. The number of ketones is 1. The third-order valence-electron chi connectivity index (χ3n) is 5.68. The van der Waals surface area contributed by atoms with Gasteiger partial charge in [0.05, 0.1) is 0 Å². The fourth-order valence-electron chi connectivity index (χ4n) is 3.89. The van der Waals surface area contributed by atoms with Crippen LogP contribution in [0.2, 0.25) is 0 Å². The molecule has 0 rings (SSSR count). The molecular formula is C24H47NO. The lowest BCUT2D eigenvalue weighted by Crippen LogP contribution is -2.38. The number of unbranched alkanes of at least 4 members (excludes halogenated alkanes) is 12. The van der Waals surface area contributed by atoms with E-state index in [1.54, 1.807) is 0 Å². The number of hydrogen-bond acceptors (Lipinski definition) is 2. The van der Waals surface area contributed by atoms with Gasteiger partial charge in [0.2, 0.25) is 0 Å². The summed E-state index contributed by atoms with van der Waals surface area (Å²) in [6, 6.07) is 0.340. The lowest BCUT2D eigenvalue weighted by molar-refractivity contribution is -0.120. The van der Waals surface area contributed by atoms with Gasteiger partial charge in [-0.1, -0.05) is 104 Å². The van der Waals surface area contributed by atoms with Crippen molar-refractivity contribution in [3.8, 4) is 0 Å². The van der Waals surface area contributed by atoms with Gasteiger partial charge in [-0.2, -0.15) is 0 Å². The summed E-state index contributed by atoms with van der Waals surface area (Å²) < 4.78 is 0. The first-order chi connectivity index (χ1) is 12.4. The second kappa shape index (κ2) is 16.5. The van der Waals surface area contributed by atoms with Crippen LogP contribution in [0.1, 0.15) is 111 Å². The maximum absolute atomic E-state index is 12.2. The van der Waals surface area contributed by atoms with Gasteiger partial charge in [-0.3, -0.25) is 4.79 Å². The van der Waals surface area contributed by atoms with E-state index in [-0.39, 0.29) is 11.7 Å². The summed E-state index contributed by atoms with van der Waals surface area (Å²) in [7, 11) is 4.18. The van der Waals surface area contributed by atoms with Gasteiger partial charge in [0.15, 0.2) is 5.78 Å². The Bertz CT molecular complexity index is 361. The summed E-state index contributed by atoms with van der Waals surface area (Å²) in [5.74, 6) is 0.276. The molecule has 0 saturated carbocycles. The van der Waals surface area contributed by atoms with E-state index in [2.05, 4.69) is 39.4 Å². The van der Waals surface area contributed by atoms with Gasteiger partial charge in [0, 0.05) is 12.0 Å². The first-order valence-electron chi connectivity index (χ1n) is 11.3. The summed E-state index contributed by atoms with van der Waals surface area (Å²) in [6.45, 7) is 9.99. The number of hydrogen-bond donors (Lipinski definition) is 0. The van der Waals surface area contributed by atoms with Crippen molar-refractivity contribution in [3.05, 3.63) is 12.2 Å². The maximum Gasteiger partial charge on any atom is 0.162 e. The molecule has 0 aliphatic rings. The van der Waals surface area contributed by atoms with Gasteiger partial charge in [0.1, 0.15) is 0 Å². The maximum atomic E-state index is 12.2. The first kappa shape index (κ1) is 25.4. The number of rotatable bonds is 18. The second-order valence-corrected chi connectivity index (χ2v) is 8.50. The Morgan fingerprint density at radius 3 is 1.54 bits per heavy atom. The van der Waals surface area contributed by atoms with Crippen molar-refractivity contribution in [1.82, 2.24) is 4.90 Å². The minimum absolute atomic E-state index is 0.0554. The van der Waals surface area contributed by atoms with E-state index in [4.69, 9.17) is 0 Å². The van der Waals surface area contributed by atoms with Crippen molar-refractivity contribution >= 4 is 5.78 Å². The Labute approximate surface area is 164 Å². The van der Waals surface area contributed by atoms with Gasteiger partial charge in [-0.05, 0) is 33.0 Å². The SMILES string of the molecule is C=C(C)C(=O)C(C)C(CCCCCCCCCCCCCCC)N(C)C. The van der Waals surface area contributed by atoms with Crippen molar-refractivity contribution in [3.63, 3.8) is 0 Å². The molecule has 26 heavy (non-hydrogen) atoms. The molecule has 0 aliphatic heterocycles. The molecule has 0 aliphatic carbocycles. The third-order valence-corrected chi connectivity index (χ3v) is 5.68. The summed E-state index contributed by atoms with van der Waals surface area (Å²) in [4.78, 5) is 14.4. The Kier molecular flexibility index (Phi) is 16.1. The van der Waals surface area contributed by atoms with Gasteiger partial charge >= 0.3 is 0 Å². The monoisotopic (exact) mass is 365 g/mol. The lowest BCUT2D eigenvalue weighted by atomic mass is 9.89. The topological polar surface area (TPSA) is 20.3 Å². The van der Waals surface area contributed by atoms with Crippen LogP contribution in [0.3, 0.4) is 0 Å². The van der Waals surface area contributed by atoms with E-state index in [9.17, 15) is 4.79 Å². The summed E-state index contributed by atoms with van der Waals surface area (Å²) in [5, 5.41) is 0. The molecule has 2 nitrogen and oxygen atoms in total. The number of carbonyl (C=O) groups is 1. The van der Waals surface area contributed by atoms with Crippen molar-refractivity contribution in [1.29, 1.82) is 0 Å². The van der Waals surface area contributed by atoms with E-state index in [0.29, 0.717) is 11.6 Å². The van der Waals surface area contributed by atoms with Crippen LogP contribution in [0.25, 0.3) is 0 Å². The number of Topliss-reactive ketones (excluding diaryl/α,β-unsaturated/α-hetero) is 1. The Morgan fingerprint density at radius 1 is 0.808 bits per heavy atom. The minimum Gasteiger partial charge on any atom is -0.306 e. The van der Waals surface area contributed by atoms with Crippen LogP contribution in [0, 0.1) is 5.92 Å². The average Bonchev–Trinajstić information content (AvgIpc) is 2.60. The highest BCUT2D eigenvalue weighted by Crippen LogP contribution is 2.20. The highest BCUT2D eigenvalue weighted by molar-refractivity contribution is 5.96. The average molecular weight is 366 g/mol. The predicted octanol–water partition coefficient (Wildman–Crippen LogP) is 7.18. The molecule has 2 atom stereocenters. The minimum atomic E-state index is 0.0554. The quantitative estimate of drug-likeness (QED) is 0.189. The molecule has 0 amide bonds. The summed E-state index contributed by atoms with van der Waals surface area (Å²) >= 11 is 0. The third kappa shape index (κ3) is 12.7. The molecule has 0 radical (unpaired) electrons. The molecule has 0 aromatic heterocycles. The van der Waals surface area contributed by atoms with E-state index in [0.717, 1.165) is 6.42 Å². The molecule has 0 aromatic rings. The predicted molar refractivity (Wildman–Crippen MR) is 117 cm³/mol. The molecule has 0 bridgehead atoms. The fourth-order valence-corrected chi connectivity index (χ4v) is 3.89. The summed E-state index contributed by atoms with van der Waals surface area (Å²) in [5.41, 5.74) is 0.690. The molecule has 0 N–H and O–H groups in total. The number of nitrogens with zero attached hydrogens (tertiary/aromatic N) is 1. The van der Waals surface area contributed by atoms with E-state index < -0.39 is 0 Å². The van der Waals surface area contributed by atoms with E-state index in [1.807, 2.05) is 6.92 Å². The van der Waals surface area contributed by atoms with Gasteiger partial charge in [-0.15, -0.1) is 0 Å². The van der Waals surface area contributed by atoms with E-state index >= 15 is 0 Å². The Morgan fingerprint density at radius 2 is 1.19 bits per heavy atom. The highest BCUT2D eigenvalue weighted by Gasteiger charge is 2.25. The van der Waals surface area contributed by atoms with Crippen LogP contribution in [0.15, 0.2) is 12.2 Å². The van der Waals surface area contributed by atoms with Crippen molar-refractivity contribution in [2.45, 2.75) is 117 Å². The molecule has 154 valence electrons. The van der Waals surface area contributed by atoms with Crippen LogP contribution in [-0.2, 0) is 4.79 Å².